The first kappa shape index (κ1) is 25.3. The van der Waals surface area contributed by atoms with Crippen LogP contribution in [0.2, 0.25) is 0 Å². The third-order valence-electron chi connectivity index (χ3n) is 7.07. The number of thiazole rings is 1. The Morgan fingerprint density at radius 2 is 1.56 bits per heavy atom. The summed E-state index contributed by atoms with van der Waals surface area (Å²) in [5, 5.41) is 6.36. The van der Waals surface area contributed by atoms with Crippen LogP contribution in [-0.4, -0.2) is 48.1 Å². The summed E-state index contributed by atoms with van der Waals surface area (Å²) in [6.45, 7) is 4.62. The standard InChI is InChI=1S/C28H41N3O2S/c32-27(29-25-10-8-6-4-2-1-3-5-7-9-11-25)20-26-22-34-28(30-26)24-14-12-23(13-15-24)21-31-16-18-33-19-17-31/h12-15,22,25H,1-11,16-21H2,(H,29,32). The van der Waals surface area contributed by atoms with Gasteiger partial charge in [0, 0.05) is 36.6 Å². The van der Waals surface area contributed by atoms with Crippen LogP contribution in [0.1, 0.15) is 81.9 Å². The number of amides is 1. The summed E-state index contributed by atoms with van der Waals surface area (Å²) >= 11 is 1.63. The maximum atomic E-state index is 12.8. The van der Waals surface area contributed by atoms with E-state index in [1.165, 1.54) is 63.4 Å². The molecule has 0 radical (unpaired) electrons. The van der Waals surface area contributed by atoms with Crippen LogP contribution >= 0.6 is 11.3 Å². The number of aromatic nitrogens is 1. The van der Waals surface area contributed by atoms with Crippen molar-refractivity contribution in [2.45, 2.75) is 89.6 Å². The largest absolute Gasteiger partial charge is 0.379 e. The highest BCUT2D eigenvalue weighted by Gasteiger charge is 2.15. The number of nitrogens with one attached hydrogen (secondary N) is 1. The van der Waals surface area contributed by atoms with Crippen LogP contribution in [0.5, 0.6) is 0 Å². The number of carbonyl (C=O) groups is 1. The topological polar surface area (TPSA) is 54.5 Å². The maximum absolute atomic E-state index is 12.8. The van der Waals surface area contributed by atoms with E-state index in [1.807, 2.05) is 5.38 Å². The molecular weight excluding hydrogens is 442 g/mol. The van der Waals surface area contributed by atoms with Crippen molar-refractivity contribution in [1.29, 1.82) is 0 Å². The zero-order valence-corrected chi connectivity index (χ0v) is 21.4. The van der Waals surface area contributed by atoms with Crippen molar-refractivity contribution in [1.82, 2.24) is 15.2 Å². The van der Waals surface area contributed by atoms with Gasteiger partial charge >= 0.3 is 0 Å². The second-order valence-electron chi connectivity index (χ2n) is 9.93. The summed E-state index contributed by atoms with van der Waals surface area (Å²) in [4.78, 5) is 20.0. The van der Waals surface area contributed by atoms with Gasteiger partial charge in [0.05, 0.1) is 25.3 Å². The van der Waals surface area contributed by atoms with E-state index in [4.69, 9.17) is 9.72 Å². The molecule has 0 spiro atoms. The Labute approximate surface area is 209 Å². The molecule has 4 rings (SSSR count). The first-order valence-electron chi connectivity index (χ1n) is 13.4. The normalized spacial score (nSPS) is 19.8. The molecule has 1 saturated carbocycles. The summed E-state index contributed by atoms with van der Waals surface area (Å²) in [5.74, 6) is 0.120. The second-order valence-corrected chi connectivity index (χ2v) is 10.8. The fraction of sp³-hybridized carbons (Fsp3) is 0.643. The Morgan fingerprint density at radius 1 is 0.941 bits per heavy atom. The molecule has 2 fully saturated rings. The third kappa shape index (κ3) is 8.47. The van der Waals surface area contributed by atoms with Gasteiger partial charge in [-0.3, -0.25) is 9.69 Å². The Bertz CT molecular complexity index is 849. The van der Waals surface area contributed by atoms with Crippen molar-refractivity contribution in [3.8, 4) is 10.6 Å². The third-order valence-corrected chi connectivity index (χ3v) is 8.01. The SMILES string of the molecule is O=C(Cc1csc(-c2ccc(CN3CCOCC3)cc2)n1)NC1CCCCCCCCCCC1. The van der Waals surface area contributed by atoms with E-state index >= 15 is 0 Å². The van der Waals surface area contributed by atoms with E-state index in [9.17, 15) is 4.79 Å². The lowest BCUT2D eigenvalue weighted by molar-refractivity contribution is -0.121. The molecule has 1 saturated heterocycles. The van der Waals surface area contributed by atoms with Gasteiger partial charge in [0.2, 0.25) is 5.91 Å². The van der Waals surface area contributed by atoms with Crippen LogP contribution < -0.4 is 5.32 Å². The average Bonchev–Trinajstić information content (AvgIpc) is 3.30. The van der Waals surface area contributed by atoms with E-state index in [-0.39, 0.29) is 5.91 Å². The van der Waals surface area contributed by atoms with Crippen molar-refractivity contribution in [2.24, 2.45) is 0 Å². The molecule has 0 unspecified atom stereocenters. The van der Waals surface area contributed by atoms with E-state index < -0.39 is 0 Å². The van der Waals surface area contributed by atoms with Crippen LogP contribution in [0.3, 0.4) is 0 Å². The lowest BCUT2D eigenvalue weighted by Crippen LogP contribution is -2.36. The van der Waals surface area contributed by atoms with Crippen molar-refractivity contribution >= 4 is 17.2 Å². The summed E-state index contributed by atoms with van der Waals surface area (Å²) in [7, 11) is 0. The molecule has 0 bridgehead atoms. The van der Waals surface area contributed by atoms with Crippen LogP contribution in [0.15, 0.2) is 29.6 Å². The van der Waals surface area contributed by atoms with Gasteiger partial charge in [-0.05, 0) is 18.4 Å². The summed E-state index contributed by atoms with van der Waals surface area (Å²) in [6.07, 6.45) is 14.5. The number of nitrogens with zero attached hydrogens (tertiary/aromatic N) is 2. The molecule has 2 aliphatic rings. The van der Waals surface area contributed by atoms with Gasteiger partial charge in [-0.25, -0.2) is 4.98 Å². The van der Waals surface area contributed by atoms with E-state index in [0.717, 1.165) is 62.0 Å². The monoisotopic (exact) mass is 483 g/mol. The summed E-state index contributed by atoms with van der Waals surface area (Å²) in [6, 6.07) is 9.03. The van der Waals surface area contributed by atoms with Crippen molar-refractivity contribution in [2.75, 3.05) is 26.3 Å². The van der Waals surface area contributed by atoms with Gasteiger partial charge in [0.15, 0.2) is 0 Å². The second kappa shape index (κ2) is 14.0. The molecule has 1 N–H and O–H groups in total. The highest BCUT2D eigenvalue weighted by Crippen LogP contribution is 2.25. The predicted octanol–water partition coefficient (Wildman–Crippen LogP) is 5.97. The number of carbonyl (C=O) groups excluding carboxylic acids is 1. The molecule has 186 valence electrons. The van der Waals surface area contributed by atoms with Crippen LogP contribution in [0.25, 0.3) is 10.6 Å². The molecule has 1 aliphatic carbocycles. The van der Waals surface area contributed by atoms with Crippen molar-refractivity contribution in [3.05, 3.63) is 40.9 Å². The maximum Gasteiger partial charge on any atom is 0.226 e. The first-order chi connectivity index (χ1) is 16.8. The Kier molecular flexibility index (Phi) is 10.4. The number of hydrogen-bond acceptors (Lipinski definition) is 5. The number of hydrogen-bond donors (Lipinski definition) is 1. The van der Waals surface area contributed by atoms with E-state index in [1.54, 1.807) is 11.3 Å². The van der Waals surface area contributed by atoms with Crippen LogP contribution in [0, 0.1) is 0 Å². The number of ether oxygens (including phenoxy) is 1. The van der Waals surface area contributed by atoms with Crippen LogP contribution in [-0.2, 0) is 22.5 Å². The van der Waals surface area contributed by atoms with E-state index in [2.05, 4.69) is 34.5 Å². The summed E-state index contributed by atoms with van der Waals surface area (Å²) < 4.78 is 5.44. The molecule has 5 nitrogen and oxygen atoms in total. The fourth-order valence-corrected chi connectivity index (χ4v) is 5.87. The van der Waals surface area contributed by atoms with E-state index in [0.29, 0.717) is 12.5 Å². The molecule has 0 atom stereocenters. The summed E-state index contributed by atoms with van der Waals surface area (Å²) in [5.41, 5.74) is 3.32. The molecule has 1 aromatic carbocycles. The Morgan fingerprint density at radius 3 is 2.21 bits per heavy atom. The van der Waals surface area contributed by atoms with Gasteiger partial charge in [-0.15, -0.1) is 11.3 Å². The predicted molar refractivity (Wildman–Crippen MR) is 140 cm³/mol. The minimum Gasteiger partial charge on any atom is -0.379 e. The molecule has 1 aliphatic heterocycles. The van der Waals surface area contributed by atoms with Gasteiger partial charge in [-0.2, -0.15) is 0 Å². The fourth-order valence-electron chi connectivity index (χ4n) is 5.04. The zero-order chi connectivity index (χ0) is 23.4. The molecule has 6 heteroatoms. The first-order valence-corrected chi connectivity index (χ1v) is 14.3. The Hall–Kier alpha value is -1.76. The van der Waals surface area contributed by atoms with Gasteiger partial charge in [0.25, 0.3) is 0 Å². The average molecular weight is 484 g/mol. The quantitative estimate of drug-likeness (QED) is 0.550. The Balaban J connectivity index is 1.26. The molecule has 1 amide bonds. The highest BCUT2D eigenvalue weighted by molar-refractivity contribution is 7.13. The smallest absolute Gasteiger partial charge is 0.226 e. The lowest BCUT2D eigenvalue weighted by atomic mass is 9.98. The highest BCUT2D eigenvalue weighted by atomic mass is 32.1. The molecule has 2 aromatic rings. The molecule has 1 aromatic heterocycles. The number of benzene rings is 1. The minimum absolute atomic E-state index is 0.120. The van der Waals surface area contributed by atoms with Crippen molar-refractivity contribution in [3.63, 3.8) is 0 Å². The number of morpholine rings is 1. The molecule has 34 heavy (non-hydrogen) atoms. The van der Waals surface area contributed by atoms with Gasteiger partial charge in [0.1, 0.15) is 5.01 Å². The van der Waals surface area contributed by atoms with Crippen molar-refractivity contribution < 1.29 is 9.53 Å². The zero-order valence-electron chi connectivity index (χ0n) is 20.6. The van der Waals surface area contributed by atoms with Gasteiger partial charge < -0.3 is 10.1 Å². The van der Waals surface area contributed by atoms with Crippen LogP contribution in [0.4, 0.5) is 0 Å². The molecular formula is C28H41N3O2S. The van der Waals surface area contributed by atoms with Gasteiger partial charge in [-0.1, -0.05) is 82.1 Å². The molecule has 2 heterocycles. The lowest BCUT2D eigenvalue weighted by Gasteiger charge is -2.26. The minimum atomic E-state index is 0.120. The number of rotatable bonds is 6.